The lowest BCUT2D eigenvalue weighted by atomic mass is 10.2. The van der Waals surface area contributed by atoms with Crippen LogP contribution in [0.2, 0.25) is 0 Å². The van der Waals surface area contributed by atoms with Crippen LogP contribution < -0.4 is 9.64 Å². The Labute approximate surface area is 170 Å². The lowest BCUT2D eigenvalue weighted by molar-refractivity contribution is 0.384. The minimum absolute atomic E-state index is 0.285. The average molecular weight is 413 g/mol. The maximum atomic E-state index is 13.0. The van der Waals surface area contributed by atoms with Crippen LogP contribution in [0.4, 0.5) is 5.69 Å². The molecular formula is C21H23N3O4S. The Kier molecular flexibility index (Phi) is 5.29. The van der Waals surface area contributed by atoms with E-state index in [0.29, 0.717) is 37.8 Å². The average Bonchev–Trinajstić information content (AvgIpc) is 3.20. The molecule has 7 nitrogen and oxygen atoms in total. The summed E-state index contributed by atoms with van der Waals surface area (Å²) in [5.74, 6) is 1.99. The van der Waals surface area contributed by atoms with Crippen molar-refractivity contribution in [3.8, 4) is 17.1 Å². The molecule has 152 valence electrons. The van der Waals surface area contributed by atoms with E-state index in [0.717, 1.165) is 17.0 Å². The van der Waals surface area contributed by atoms with Crippen molar-refractivity contribution in [1.82, 2.24) is 9.29 Å². The first kappa shape index (κ1) is 19.5. The maximum absolute atomic E-state index is 13.0. The fourth-order valence-corrected chi connectivity index (χ4v) is 4.85. The number of sulfonamides is 1. The van der Waals surface area contributed by atoms with E-state index in [1.165, 1.54) is 4.31 Å². The van der Waals surface area contributed by atoms with Gasteiger partial charge in [0.05, 0.1) is 18.2 Å². The Morgan fingerprint density at radius 2 is 1.76 bits per heavy atom. The van der Waals surface area contributed by atoms with Crippen LogP contribution in [0.1, 0.15) is 5.89 Å². The monoisotopic (exact) mass is 413 g/mol. The molecule has 0 radical (unpaired) electrons. The van der Waals surface area contributed by atoms with Crippen LogP contribution in [-0.4, -0.2) is 51.0 Å². The summed E-state index contributed by atoms with van der Waals surface area (Å²) >= 11 is 0. The summed E-state index contributed by atoms with van der Waals surface area (Å²) in [7, 11) is -1.90. The van der Waals surface area contributed by atoms with Gasteiger partial charge in [-0.05, 0) is 36.4 Å². The first-order valence-corrected chi connectivity index (χ1v) is 10.8. The number of aryl methyl sites for hydroxylation is 1. The number of benzene rings is 2. The van der Waals surface area contributed by atoms with Gasteiger partial charge in [0.15, 0.2) is 11.7 Å². The highest BCUT2D eigenvalue weighted by atomic mass is 32.2. The molecule has 0 spiro atoms. The summed E-state index contributed by atoms with van der Waals surface area (Å²) < 4.78 is 38.4. The zero-order chi connectivity index (χ0) is 20.4. The van der Waals surface area contributed by atoms with E-state index in [2.05, 4.69) is 9.88 Å². The van der Waals surface area contributed by atoms with Gasteiger partial charge in [0.1, 0.15) is 5.75 Å². The first-order chi connectivity index (χ1) is 14.0. The van der Waals surface area contributed by atoms with Gasteiger partial charge in [-0.25, -0.2) is 13.4 Å². The van der Waals surface area contributed by atoms with Crippen LogP contribution in [0.3, 0.4) is 0 Å². The van der Waals surface area contributed by atoms with Crippen LogP contribution in [-0.2, 0) is 10.0 Å². The van der Waals surface area contributed by atoms with Crippen LogP contribution in [0.5, 0.6) is 5.75 Å². The number of anilines is 1. The van der Waals surface area contributed by atoms with Crippen LogP contribution >= 0.6 is 0 Å². The standard InChI is InChI=1S/C21H23N3O4S/c1-16-22-15-21(28-16)17-6-8-20(9-7-17)29(25,26)24-12-10-23(11-13-24)18-4-3-5-19(14-18)27-2/h3-9,14-15H,10-13H2,1-2H3. The van der Waals surface area contributed by atoms with E-state index in [4.69, 9.17) is 9.15 Å². The number of hydrogen-bond acceptors (Lipinski definition) is 6. The Hall–Kier alpha value is -2.84. The van der Waals surface area contributed by atoms with Gasteiger partial charge in [0.2, 0.25) is 10.0 Å². The summed E-state index contributed by atoms with van der Waals surface area (Å²) in [5, 5.41) is 0. The number of rotatable bonds is 5. The van der Waals surface area contributed by atoms with Gasteiger partial charge >= 0.3 is 0 Å². The molecule has 1 aromatic heterocycles. The zero-order valence-electron chi connectivity index (χ0n) is 16.4. The normalized spacial score (nSPS) is 15.4. The second-order valence-electron chi connectivity index (χ2n) is 6.86. The van der Waals surface area contributed by atoms with Gasteiger partial charge < -0.3 is 14.1 Å². The van der Waals surface area contributed by atoms with E-state index >= 15 is 0 Å². The third-order valence-corrected chi connectivity index (χ3v) is 6.97. The molecule has 0 saturated carbocycles. The van der Waals surface area contributed by atoms with Crippen molar-refractivity contribution in [3.05, 3.63) is 60.6 Å². The van der Waals surface area contributed by atoms with E-state index in [9.17, 15) is 8.42 Å². The molecule has 3 aromatic rings. The van der Waals surface area contributed by atoms with Crippen molar-refractivity contribution in [2.45, 2.75) is 11.8 Å². The van der Waals surface area contributed by atoms with Crippen LogP contribution in [0.25, 0.3) is 11.3 Å². The van der Waals surface area contributed by atoms with Gasteiger partial charge in [-0.1, -0.05) is 6.07 Å². The van der Waals surface area contributed by atoms with Crippen molar-refractivity contribution in [2.75, 3.05) is 38.2 Å². The maximum Gasteiger partial charge on any atom is 0.243 e. The van der Waals surface area contributed by atoms with E-state index in [1.54, 1.807) is 44.5 Å². The Morgan fingerprint density at radius 3 is 2.38 bits per heavy atom. The molecule has 1 fully saturated rings. The minimum atomic E-state index is -3.54. The number of nitrogens with zero attached hydrogens (tertiary/aromatic N) is 3. The quantitative estimate of drug-likeness (QED) is 0.640. The summed E-state index contributed by atoms with van der Waals surface area (Å²) in [5.41, 5.74) is 1.83. The van der Waals surface area contributed by atoms with E-state index in [-0.39, 0.29) is 4.90 Å². The highest BCUT2D eigenvalue weighted by molar-refractivity contribution is 7.89. The summed E-state index contributed by atoms with van der Waals surface area (Å²) in [6, 6.07) is 14.6. The molecule has 1 aliphatic rings. The summed E-state index contributed by atoms with van der Waals surface area (Å²) in [6.45, 7) is 3.89. The van der Waals surface area contributed by atoms with E-state index < -0.39 is 10.0 Å². The molecule has 29 heavy (non-hydrogen) atoms. The molecule has 1 aliphatic heterocycles. The number of ether oxygens (including phenoxy) is 1. The first-order valence-electron chi connectivity index (χ1n) is 9.39. The molecule has 2 aromatic carbocycles. The smallest absolute Gasteiger partial charge is 0.243 e. The molecule has 0 bridgehead atoms. The molecule has 0 atom stereocenters. The molecule has 0 aliphatic carbocycles. The highest BCUT2D eigenvalue weighted by Gasteiger charge is 2.28. The number of methoxy groups -OCH3 is 1. The topological polar surface area (TPSA) is 75.9 Å². The SMILES string of the molecule is COc1cccc(N2CCN(S(=O)(=O)c3ccc(-c4cnc(C)o4)cc3)CC2)c1. The van der Waals surface area contributed by atoms with Gasteiger partial charge in [0.25, 0.3) is 0 Å². The molecule has 1 saturated heterocycles. The molecule has 0 unspecified atom stereocenters. The summed E-state index contributed by atoms with van der Waals surface area (Å²) in [4.78, 5) is 6.53. The van der Waals surface area contributed by atoms with Crippen LogP contribution in [0.15, 0.2) is 64.0 Å². The Morgan fingerprint density at radius 1 is 1.03 bits per heavy atom. The second-order valence-corrected chi connectivity index (χ2v) is 8.80. The van der Waals surface area contributed by atoms with Crippen molar-refractivity contribution < 1.29 is 17.6 Å². The van der Waals surface area contributed by atoms with Gasteiger partial charge in [-0.2, -0.15) is 4.31 Å². The molecule has 2 heterocycles. The third kappa shape index (κ3) is 3.99. The molecule has 8 heteroatoms. The van der Waals surface area contributed by atoms with Crippen molar-refractivity contribution in [3.63, 3.8) is 0 Å². The number of oxazole rings is 1. The minimum Gasteiger partial charge on any atom is -0.497 e. The Bertz CT molecular complexity index is 1090. The predicted molar refractivity (Wildman–Crippen MR) is 111 cm³/mol. The molecular weight excluding hydrogens is 390 g/mol. The van der Waals surface area contributed by atoms with Crippen molar-refractivity contribution in [2.24, 2.45) is 0 Å². The highest BCUT2D eigenvalue weighted by Crippen LogP contribution is 2.26. The second kappa shape index (κ2) is 7.88. The lowest BCUT2D eigenvalue weighted by Crippen LogP contribution is -2.48. The van der Waals surface area contributed by atoms with Gasteiger partial charge in [-0.15, -0.1) is 0 Å². The summed E-state index contributed by atoms with van der Waals surface area (Å²) in [6.07, 6.45) is 1.64. The zero-order valence-corrected chi connectivity index (χ0v) is 17.2. The van der Waals surface area contributed by atoms with Crippen molar-refractivity contribution in [1.29, 1.82) is 0 Å². The number of hydrogen-bond donors (Lipinski definition) is 0. The Balaban J connectivity index is 1.46. The van der Waals surface area contributed by atoms with Crippen LogP contribution in [0, 0.1) is 6.92 Å². The fraction of sp³-hybridized carbons (Fsp3) is 0.286. The number of piperazine rings is 1. The predicted octanol–water partition coefficient (Wildman–Crippen LogP) is 3.17. The van der Waals surface area contributed by atoms with Gasteiger partial charge in [0, 0.05) is 50.4 Å². The van der Waals surface area contributed by atoms with Gasteiger partial charge in [-0.3, -0.25) is 0 Å². The third-order valence-electron chi connectivity index (χ3n) is 5.05. The lowest BCUT2D eigenvalue weighted by Gasteiger charge is -2.35. The largest absolute Gasteiger partial charge is 0.497 e. The number of aromatic nitrogens is 1. The molecule has 4 rings (SSSR count). The molecule has 0 N–H and O–H groups in total. The van der Waals surface area contributed by atoms with Crippen molar-refractivity contribution >= 4 is 15.7 Å². The molecule has 0 amide bonds. The fourth-order valence-electron chi connectivity index (χ4n) is 3.43. The van der Waals surface area contributed by atoms with E-state index in [1.807, 2.05) is 24.3 Å².